The fraction of sp³-hybridized carbons (Fsp3) is 0.250. The number of hydrogen-bond acceptors (Lipinski definition) is 2. The Bertz CT molecular complexity index is 605. The fourth-order valence-electron chi connectivity index (χ4n) is 2.13. The van der Waals surface area contributed by atoms with Gasteiger partial charge in [0.15, 0.2) is 0 Å². The largest absolute Gasteiger partial charge is 0.456 e. The van der Waals surface area contributed by atoms with E-state index in [4.69, 9.17) is 16.3 Å². The maximum atomic E-state index is 6.13. The van der Waals surface area contributed by atoms with Crippen LogP contribution in [0.4, 0.5) is 0 Å². The van der Waals surface area contributed by atoms with Crippen LogP contribution in [0.15, 0.2) is 34.8 Å². The minimum atomic E-state index is 0.733. The van der Waals surface area contributed by atoms with Crippen molar-refractivity contribution in [2.24, 2.45) is 0 Å². The lowest BCUT2D eigenvalue weighted by atomic mass is 10.1. The van der Waals surface area contributed by atoms with Crippen LogP contribution in [0.2, 0.25) is 5.02 Å². The molecule has 0 aromatic heterocycles. The van der Waals surface area contributed by atoms with Crippen molar-refractivity contribution < 1.29 is 4.74 Å². The Hall–Kier alpha value is -1.03. The summed E-state index contributed by atoms with van der Waals surface area (Å²) in [5, 5.41) is 3.88. The molecule has 2 rings (SSSR count). The van der Waals surface area contributed by atoms with Gasteiger partial charge in [0.1, 0.15) is 11.5 Å². The SMILES string of the molecule is CNCc1ccc(Br)cc1Oc1c(C)cc(Cl)cc1C. The van der Waals surface area contributed by atoms with E-state index >= 15 is 0 Å². The zero-order valence-electron chi connectivity index (χ0n) is 11.8. The van der Waals surface area contributed by atoms with Crippen LogP contribution in [-0.2, 0) is 6.54 Å². The van der Waals surface area contributed by atoms with Gasteiger partial charge in [0.2, 0.25) is 0 Å². The van der Waals surface area contributed by atoms with E-state index in [1.54, 1.807) is 0 Å². The average molecular weight is 355 g/mol. The van der Waals surface area contributed by atoms with Gasteiger partial charge in [-0.15, -0.1) is 0 Å². The van der Waals surface area contributed by atoms with Gasteiger partial charge >= 0.3 is 0 Å². The lowest BCUT2D eigenvalue weighted by Gasteiger charge is -2.15. The van der Waals surface area contributed by atoms with E-state index in [1.807, 2.05) is 45.2 Å². The average Bonchev–Trinajstić information content (AvgIpc) is 2.37. The number of hydrogen-bond donors (Lipinski definition) is 1. The van der Waals surface area contributed by atoms with Gasteiger partial charge in [-0.2, -0.15) is 0 Å². The van der Waals surface area contributed by atoms with Crippen molar-refractivity contribution >= 4 is 27.5 Å². The molecule has 2 aromatic rings. The highest BCUT2D eigenvalue weighted by atomic mass is 79.9. The Morgan fingerprint density at radius 3 is 2.40 bits per heavy atom. The standard InChI is InChI=1S/C16H17BrClNO/c1-10-6-14(18)7-11(2)16(10)20-15-8-13(17)5-4-12(15)9-19-3/h4-8,19H,9H2,1-3H3. The molecule has 2 aromatic carbocycles. The predicted octanol–water partition coefficient (Wildman–Crippen LogP) is 5.23. The fourth-order valence-corrected chi connectivity index (χ4v) is 2.80. The van der Waals surface area contributed by atoms with E-state index in [1.165, 1.54) is 0 Å². The Morgan fingerprint density at radius 1 is 1.15 bits per heavy atom. The van der Waals surface area contributed by atoms with Crippen molar-refractivity contribution in [1.29, 1.82) is 0 Å². The van der Waals surface area contributed by atoms with Crippen LogP contribution in [0.1, 0.15) is 16.7 Å². The van der Waals surface area contributed by atoms with Crippen molar-refractivity contribution in [2.45, 2.75) is 20.4 Å². The van der Waals surface area contributed by atoms with E-state index < -0.39 is 0 Å². The third kappa shape index (κ3) is 3.54. The molecule has 0 radical (unpaired) electrons. The molecule has 1 N–H and O–H groups in total. The summed E-state index contributed by atoms with van der Waals surface area (Å²) in [6, 6.07) is 9.89. The summed E-state index contributed by atoms with van der Waals surface area (Å²) in [6.45, 7) is 4.77. The quantitative estimate of drug-likeness (QED) is 0.811. The third-order valence-corrected chi connectivity index (χ3v) is 3.75. The van der Waals surface area contributed by atoms with E-state index in [0.29, 0.717) is 0 Å². The van der Waals surface area contributed by atoms with Crippen molar-refractivity contribution in [3.63, 3.8) is 0 Å². The molecule has 0 unspecified atom stereocenters. The number of aryl methyl sites for hydroxylation is 2. The zero-order chi connectivity index (χ0) is 14.7. The molecule has 0 atom stereocenters. The highest BCUT2D eigenvalue weighted by Crippen LogP contribution is 2.34. The predicted molar refractivity (Wildman–Crippen MR) is 87.9 cm³/mol. The first kappa shape index (κ1) is 15.4. The molecule has 20 heavy (non-hydrogen) atoms. The van der Waals surface area contributed by atoms with Crippen molar-refractivity contribution in [3.05, 3.63) is 56.5 Å². The normalized spacial score (nSPS) is 10.7. The van der Waals surface area contributed by atoms with Crippen LogP contribution < -0.4 is 10.1 Å². The molecule has 0 aliphatic carbocycles. The van der Waals surface area contributed by atoms with E-state index in [-0.39, 0.29) is 0 Å². The summed E-state index contributed by atoms with van der Waals surface area (Å²) in [5.41, 5.74) is 3.18. The number of halogens is 2. The number of benzene rings is 2. The van der Waals surface area contributed by atoms with Crippen LogP contribution in [0.25, 0.3) is 0 Å². The molecule has 0 aliphatic rings. The molecular formula is C16H17BrClNO. The Kier molecular flexibility index (Phi) is 5.08. The number of ether oxygens (including phenoxy) is 1. The van der Waals surface area contributed by atoms with Gasteiger partial charge in [0, 0.05) is 21.6 Å². The first-order valence-corrected chi connectivity index (χ1v) is 7.56. The second kappa shape index (κ2) is 6.61. The number of rotatable bonds is 4. The summed E-state index contributed by atoms with van der Waals surface area (Å²) < 4.78 is 7.13. The molecule has 0 aliphatic heterocycles. The van der Waals surface area contributed by atoms with Crippen LogP contribution >= 0.6 is 27.5 Å². The molecule has 0 saturated carbocycles. The van der Waals surface area contributed by atoms with Gasteiger partial charge in [0.25, 0.3) is 0 Å². The third-order valence-electron chi connectivity index (χ3n) is 3.03. The van der Waals surface area contributed by atoms with Gasteiger partial charge in [-0.3, -0.25) is 0 Å². The Balaban J connectivity index is 2.41. The van der Waals surface area contributed by atoms with Crippen molar-refractivity contribution in [1.82, 2.24) is 5.32 Å². The summed E-state index contributed by atoms with van der Waals surface area (Å²) in [7, 11) is 1.92. The second-order valence-electron chi connectivity index (χ2n) is 4.75. The van der Waals surface area contributed by atoms with Crippen molar-refractivity contribution in [3.8, 4) is 11.5 Å². The van der Waals surface area contributed by atoms with Crippen LogP contribution in [0.3, 0.4) is 0 Å². The minimum Gasteiger partial charge on any atom is -0.456 e. The summed E-state index contributed by atoms with van der Waals surface area (Å²) in [6.07, 6.45) is 0. The first-order chi connectivity index (χ1) is 9.51. The van der Waals surface area contributed by atoms with E-state index in [9.17, 15) is 0 Å². The maximum Gasteiger partial charge on any atom is 0.133 e. The molecule has 0 spiro atoms. The summed E-state index contributed by atoms with van der Waals surface area (Å²) in [4.78, 5) is 0. The lowest BCUT2D eigenvalue weighted by Crippen LogP contribution is -2.06. The summed E-state index contributed by atoms with van der Waals surface area (Å²) in [5.74, 6) is 1.71. The van der Waals surface area contributed by atoms with Gasteiger partial charge in [-0.25, -0.2) is 0 Å². The second-order valence-corrected chi connectivity index (χ2v) is 6.11. The molecule has 0 bridgehead atoms. The first-order valence-electron chi connectivity index (χ1n) is 6.39. The van der Waals surface area contributed by atoms with Gasteiger partial charge in [-0.05, 0) is 56.3 Å². The smallest absolute Gasteiger partial charge is 0.133 e. The maximum absolute atomic E-state index is 6.13. The van der Waals surface area contributed by atoms with E-state index in [2.05, 4.69) is 27.3 Å². The molecule has 2 nitrogen and oxygen atoms in total. The van der Waals surface area contributed by atoms with Crippen LogP contribution in [0.5, 0.6) is 11.5 Å². The lowest BCUT2D eigenvalue weighted by molar-refractivity contribution is 0.467. The molecule has 0 saturated heterocycles. The van der Waals surface area contributed by atoms with Crippen LogP contribution in [0, 0.1) is 13.8 Å². The molecule has 4 heteroatoms. The molecule has 0 fully saturated rings. The van der Waals surface area contributed by atoms with Crippen molar-refractivity contribution in [2.75, 3.05) is 7.05 Å². The highest BCUT2D eigenvalue weighted by Gasteiger charge is 2.10. The topological polar surface area (TPSA) is 21.3 Å². The molecule has 106 valence electrons. The zero-order valence-corrected chi connectivity index (χ0v) is 14.1. The molecular weight excluding hydrogens is 338 g/mol. The Morgan fingerprint density at radius 2 is 1.80 bits per heavy atom. The van der Waals surface area contributed by atoms with E-state index in [0.717, 1.165) is 44.2 Å². The molecule has 0 heterocycles. The van der Waals surface area contributed by atoms with Crippen LogP contribution in [-0.4, -0.2) is 7.05 Å². The monoisotopic (exact) mass is 353 g/mol. The minimum absolute atomic E-state index is 0.733. The van der Waals surface area contributed by atoms with Gasteiger partial charge in [0.05, 0.1) is 0 Å². The Labute approximate surface area is 133 Å². The molecule has 0 amide bonds. The number of nitrogens with one attached hydrogen (secondary N) is 1. The highest BCUT2D eigenvalue weighted by molar-refractivity contribution is 9.10. The summed E-state index contributed by atoms with van der Waals surface area (Å²) >= 11 is 9.55. The van der Waals surface area contributed by atoms with Gasteiger partial charge in [-0.1, -0.05) is 33.6 Å². The van der Waals surface area contributed by atoms with Gasteiger partial charge < -0.3 is 10.1 Å².